The van der Waals surface area contributed by atoms with Gasteiger partial charge in [-0.2, -0.15) is 0 Å². The maximum absolute atomic E-state index is 14.2. The number of benzene rings is 4. The van der Waals surface area contributed by atoms with Crippen molar-refractivity contribution in [3.8, 4) is 23.0 Å². The van der Waals surface area contributed by atoms with Crippen LogP contribution in [-0.4, -0.2) is 38.0 Å². The van der Waals surface area contributed by atoms with Gasteiger partial charge in [-0.25, -0.2) is 9.79 Å². The molecule has 246 valence electrons. The predicted octanol–water partition coefficient (Wildman–Crippen LogP) is 5.95. The number of esters is 1. The molecule has 0 fully saturated rings. The van der Waals surface area contributed by atoms with Gasteiger partial charge in [-0.1, -0.05) is 72.0 Å². The molecule has 10 heteroatoms. The fourth-order valence-electron chi connectivity index (χ4n) is 5.91. The van der Waals surface area contributed by atoms with Gasteiger partial charge in [0.2, 0.25) is 0 Å². The number of ether oxygens (including phenoxy) is 5. The number of nitrogens with zero attached hydrogens (tertiary/aromatic N) is 2. The van der Waals surface area contributed by atoms with Crippen molar-refractivity contribution in [2.24, 2.45) is 4.99 Å². The van der Waals surface area contributed by atoms with Crippen LogP contribution in [0.4, 0.5) is 0 Å². The molecule has 48 heavy (non-hydrogen) atoms. The number of thiazole rings is 1. The zero-order valence-electron chi connectivity index (χ0n) is 27.4. The Bertz CT molecular complexity index is 2210. The largest absolute Gasteiger partial charge is 0.493 e. The molecule has 9 nitrogen and oxygen atoms in total. The lowest BCUT2D eigenvalue weighted by molar-refractivity contribution is -0.139. The van der Waals surface area contributed by atoms with Gasteiger partial charge in [-0.15, -0.1) is 0 Å². The molecule has 0 saturated carbocycles. The van der Waals surface area contributed by atoms with Crippen molar-refractivity contribution in [2.75, 3.05) is 27.4 Å². The van der Waals surface area contributed by atoms with E-state index in [9.17, 15) is 9.59 Å². The second-order valence-corrected chi connectivity index (χ2v) is 12.0. The highest BCUT2D eigenvalue weighted by atomic mass is 32.1. The Morgan fingerprint density at radius 1 is 0.896 bits per heavy atom. The van der Waals surface area contributed by atoms with Crippen LogP contribution in [0.3, 0.4) is 0 Å². The minimum absolute atomic E-state index is 0.173. The number of allylic oxidation sites excluding steroid dienone is 1. The SMILES string of the molecule is CCOC(=O)C1=C(C)N=c2s/c(=C/c3ccc(OCc4cccc5ccccc45)c(OC)c3)c(=O)n2[C@@H]1c1cccc(OC)c1OCC. The Labute approximate surface area is 281 Å². The molecule has 1 atom stereocenters. The van der Waals surface area contributed by atoms with E-state index in [1.54, 1.807) is 46.3 Å². The smallest absolute Gasteiger partial charge is 0.338 e. The fourth-order valence-corrected chi connectivity index (χ4v) is 6.96. The second kappa shape index (κ2) is 14.2. The lowest BCUT2D eigenvalue weighted by Crippen LogP contribution is -2.40. The minimum Gasteiger partial charge on any atom is -0.493 e. The molecule has 1 aliphatic heterocycles. The number of carbonyl (C=O) groups excluding carboxylic acids is 1. The standard InChI is InChI=1S/C38H36N2O7S/c1-6-45-35-28(16-11-17-30(35)43-4)34-33(37(42)46-7-2)23(3)39-38-40(34)36(41)32(48-38)21-24-18-19-29(31(20-24)44-5)47-22-26-14-10-13-25-12-8-9-15-27(25)26/h8-21,34H,6-7,22H2,1-5H3/b32-21+/t34-/m1/s1. The van der Waals surface area contributed by atoms with Crippen molar-refractivity contribution < 1.29 is 28.5 Å². The highest BCUT2D eigenvalue weighted by Gasteiger charge is 2.36. The summed E-state index contributed by atoms with van der Waals surface area (Å²) in [4.78, 5) is 32.8. The van der Waals surface area contributed by atoms with Crippen molar-refractivity contribution in [3.63, 3.8) is 0 Å². The number of fused-ring (bicyclic) bond motifs is 2. The molecule has 2 heterocycles. The van der Waals surface area contributed by atoms with Crippen LogP contribution in [0.1, 0.15) is 43.5 Å². The Morgan fingerprint density at radius 2 is 1.67 bits per heavy atom. The number of para-hydroxylation sites is 1. The Kier molecular flexibility index (Phi) is 9.63. The van der Waals surface area contributed by atoms with E-state index in [1.807, 2.05) is 55.5 Å². The van der Waals surface area contributed by atoms with E-state index >= 15 is 0 Å². The first kappa shape index (κ1) is 32.6. The van der Waals surface area contributed by atoms with Crippen molar-refractivity contribution in [2.45, 2.75) is 33.4 Å². The zero-order valence-corrected chi connectivity index (χ0v) is 28.3. The van der Waals surface area contributed by atoms with E-state index < -0.39 is 12.0 Å². The molecule has 0 aliphatic carbocycles. The van der Waals surface area contributed by atoms with Gasteiger partial charge >= 0.3 is 5.97 Å². The number of carbonyl (C=O) groups is 1. The summed E-state index contributed by atoms with van der Waals surface area (Å²) < 4.78 is 30.9. The average molecular weight is 665 g/mol. The number of hydrogen-bond donors (Lipinski definition) is 0. The summed E-state index contributed by atoms with van der Waals surface area (Å²) in [5.41, 5.74) is 2.82. The fraction of sp³-hybridized carbons (Fsp3) is 0.237. The van der Waals surface area contributed by atoms with Crippen LogP contribution >= 0.6 is 11.3 Å². The first-order chi connectivity index (χ1) is 23.4. The monoisotopic (exact) mass is 664 g/mol. The molecule has 0 radical (unpaired) electrons. The van der Waals surface area contributed by atoms with Crippen LogP contribution in [0.25, 0.3) is 16.8 Å². The lowest BCUT2D eigenvalue weighted by atomic mass is 9.94. The highest BCUT2D eigenvalue weighted by Crippen LogP contribution is 2.41. The summed E-state index contributed by atoms with van der Waals surface area (Å²) in [5.74, 6) is 1.51. The van der Waals surface area contributed by atoms with Crippen LogP contribution in [0.2, 0.25) is 0 Å². The molecular weight excluding hydrogens is 628 g/mol. The van der Waals surface area contributed by atoms with Crippen molar-refractivity contribution in [1.82, 2.24) is 4.57 Å². The average Bonchev–Trinajstić information content (AvgIpc) is 3.40. The van der Waals surface area contributed by atoms with Gasteiger partial charge in [-0.05, 0) is 66.9 Å². The molecule has 0 amide bonds. The van der Waals surface area contributed by atoms with E-state index in [4.69, 9.17) is 28.7 Å². The summed E-state index contributed by atoms with van der Waals surface area (Å²) in [6, 6.07) is 24.4. The van der Waals surface area contributed by atoms with E-state index in [2.05, 4.69) is 18.2 Å². The van der Waals surface area contributed by atoms with Crippen LogP contribution in [0.5, 0.6) is 23.0 Å². The first-order valence-corrected chi connectivity index (χ1v) is 16.5. The normalized spacial score (nSPS) is 14.4. The summed E-state index contributed by atoms with van der Waals surface area (Å²) in [6.45, 7) is 6.25. The molecule has 4 aromatic carbocycles. The van der Waals surface area contributed by atoms with E-state index in [0.29, 0.717) is 56.8 Å². The van der Waals surface area contributed by atoms with Crippen LogP contribution in [0, 0.1) is 0 Å². The lowest BCUT2D eigenvalue weighted by Gasteiger charge is -2.26. The Hall–Kier alpha value is -5.35. The molecule has 0 unspecified atom stereocenters. The third kappa shape index (κ3) is 6.18. The molecule has 6 rings (SSSR count). The summed E-state index contributed by atoms with van der Waals surface area (Å²) in [6.07, 6.45) is 1.79. The maximum Gasteiger partial charge on any atom is 0.338 e. The second-order valence-electron chi connectivity index (χ2n) is 11.0. The molecule has 1 aromatic heterocycles. The maximum atomic E-state index is 14.2. The van der Waals surface area contributed by atoms with Crippen LogP contribution in [0.15, 0.2) is 99.9 Å². The number of methoxy groups -OCH3 is 2. The summed E-state index contributed by atoms with van der Waals surface area (Å²) in [5, 5.41) is 2.28. The molecule has 5 aromatic rings. The quantitative estimate of drug-likeness (QED) is 0.161. The molecule has 0 bridgehead atoms. The topological polar surface area (TPSA) is 97.6 Å². The van der Waals surface area contributed by atoms with Crippen molar-refractivity contribution in [1.29, 1.82) is 0 Å². The van der Waals surface area contributed by atoms with Gasteiger partial charge in [-0.3, -0.25) is 9.36 Å². The van der Waals surface area contributed by atoms with Gasteiger partial charge < -0.3 is 23.7 Å². The van der Waals surface area contributed by atoms with Gasteiger partial charge in [0.25, 0.3) is 5.56 Å². The predicted molar refractivity (Wildman–Crippen MR) is 186 cm³/mol. The van der Waals surface area contributed by atoms with Gasteiger partial charge in [0.05, 0.1) is 43.2 Å². The van der Waals surface area contributed by atoms with Gasteiger partial charge in [0.1, 0.15) is 12.6 Å². The third-order valence-electron chi connectivity index (χ3n) is 8.08. The first-order valence-electron chi connectivity index (χ1n) is 15.6. The van der Waals surface area contributed by atoms with Gasteiger partial charge in [0, 0.05) is 5.56 Å². The third-order valence-corrected chi connectivity index (χ3v) is 9.06. The molecule has 0 saturated heterocycles. The molecule has 0 N–H and O–H groups in total. The minimum atomic E-state index is -0.849. The molecular formula is C38H36N2O7S. The molecule has 0 spiro atoms. The number of aromatic nitrogens is 1. The van der Waals surface area contributed by atoms with Crippen molar-refractivity contribution >= 4 is 34.2 Å². The summed E-state index contributed by atoms with van der Waals surface area (Å²) in [7, 11) is 3.14. The zero-order chi connectivity index (χ0) is 33.8. The van der Waals surface area contributed by atoms with E-state index in [0.717, 1.165) is 21.9 Å². The van der Waals surface area contributed by atoms with Crippen LogP contribution in [-0.2, 0) is 16.1 Å². The van der Waals surface area contributed by atoms with E-state index in [1.165, 1.54) is 15.9 Å². The van der Waals surface area contributed by atoms with E-state index in [-0.39, 0.29) is 17.7 Å². The molecule has 1 aliphatic rings. The van der Waals surface area contributed by atoms with Crippen LogP contribution < -0.4 is 33.8 Å². The Morgan fingerprint density at radius 3 is 2.44 bits per heavy atom. The summed E-state index contributed by atoms with van der Waals surface area (Å²) >= 11 is 1.24. The van der Waals surface area contributed by atoms with Crippen molar-refractivity contribution in [3.05, 3.63) is 127 Å². The Balaban J connectivity index is 1.41. The number of hydrogen-bond acceptors (Lipinski definition) is 9. The number of rotatable bonds is 11. The highest BCUT2D eigenvalue weighted by molar-refractivity contribution is 7.07. The van der Waals surface area contributed by atoms with Gasteiger partial charge in [0.15, 0.2) is 27.8 Å².